The Morgan fingerprint density at radius 2 is 1.86 bits per heavy atom. The number of rotatable bonds is 3. The molecule has 1 unspecified atom stereocenters. The van der Waals surface area contributed by atoms with Crippen LogP contribution in [0, 0.1) is 0 Å². The standard InChI is InChI=1S/C17H22N4/c18-17(14-9-5-2-1-3-6-10-14)16-13-19-21(20-16)15-11-7-4-8-12-15/h4,7-9,11-13,17H,1-3,5-6,10,18H2/b14-9+. The highest BCUT2D eigenvalue weighted by atomic mass is 15.5. The van der Waals surface area contributed by atoms with Gasteiger partial charge in [-0.05, 0) is 37.8 Å². The number of para-hydroxylation sites is 1. The molecule has 0 bridgehead atoms. The molecule has 1 atom stereocenters. The highest BCUT2D eigenvalue weighted by Crippen LogP contribution is 2.26. The van der Waals surface area contributed by atoms with Crippen molar-refractivity contribution in [1.82, 2.24) is 15.0 Å². The molecule has 0 fully saturated rings. The first kappa shape index (κ1) is 14.0. The molecule has 1 aromatic heterocycles. The predicted molar refractivity (Wildman–Crippen MR) is 84.1 cm³/mol. The molecule has 0 saturated carbocycles. The Bertz CT molecular complexity index is 600. The largest absolute Gasteiger partial charge is 0.319 e. The molecule has 0 radical (unpaired) electrons. The van der Waals surface area contributed by atoms with Crippen molar-refractivity contribution in [3.63, 3.8) is 0 Å². The van der Waals surface area contributed by atoms with Crippen LogP contribution >= 0.6 is 0 Å². The third kappa shape index (κ3) is 3.39. The van der Waals surface area contributed by atoms with E-state index in [1.54, 1.807) is 11.0 Å². The van der Waals surface area contributed by atoms with Gasteiger partial charge >= 0.3 is 0 Å². The Kier molecular flexibility index (Phi) is 4.46. The average molecular weight is 282 g/mol. The molecular formula is C17H22N4. The zero-order valence-corrected chi connectivity index (χ0v) is 12.3. The molecule has 0 saturated heterocycles. The van der Waals surface area contributed by atoms with E-state index >= 15 is 0 Å². The number of allylic oxidation sites excluding steroid dienone is 1. The third-order valence-corrected chi connectivity index (χ3v) is 4.04. The quantitative estimate of drug-likeness (QED) is 0.876. The molecule has 4 nitrogen and oxygen atoms in total. The second kappa shape index (κ2) is 6.68. The van der Waals surface area contributed by atoms with E-state index < -0.39 is 0 Å². The molecule has 21 heavy (non-hydrogen) atoms. The summed E-state index contributed by atoms with van der Waals surface area (Å²) in [6, 6.07) is 9.81. The maximum Gasteiger partial charge on any atom is 0.104 e. The van der Waals surface area contributed by atoms with Gasteiger partial charge < -0.3 is 5.73 Å². The van der Waals surface area contributed by atoms with Crippen LogP contribution in [0.4, 0.5) is 0 Å². The molecule has 1 aliphatic rings. The van der Waals surface area contributed by atoms with Gasteiger partial charge in [0.1, 0.15) is 5.69 Å². The van der Waals surface area contributed by atoms with E-state index in [2.05, 4.69) is 16.3 Å². The second-order valence-electron chi connectivity index (χ2n) is 5.60. The van der Waals surface area contributed by atoms with Gasteiger partial charge in [0.2, 0.25) is 0 Å². The monoisotopic (exact) mass is 282 g/mol. The molecule has 0 amide bonds. The lowest BCUT2D eigenvalue weighted by molar-refractivity contribution is 0.597. The highest BCUT2D eigenvalue weighted by molar-refractivity contribution is 5.29. The minimum atomic E-state index is -0.124. The Hall–Kier alpha value is -1.94. The van der Waals surface area contributed by atoms with Gasteiger partial charge in [-0.2, -0.15) is 15.0 Å². The number of nitrogens with two attached hydrogens (primary N) is 1. The number of hydrogen-bond acceptors (Lipinski definition) is 3. The average Bonchev–Trinajstić information content (AvgIpc) is 2.97. The number of nitrogens with zero attached hydrogens (tertiary/aromatic N) is 3. The summed E-state index contributed by atoms with van der Waals surface area (Å²) < 4.78 is 0. The smallest absolute Gasteiger partial charge is 0.104 e. The van der Waals surface area contributed by atoms with Gasteiger partial charge in [-0.25, -0.2) is 0 Å². The lowest BCUT2D eigenvalue weighted by Crippen LogP contribution is -2.15. The minimum absolute atomic E-state index is 0.124. The SMILES string of the molecule is NC(/C1=C/CCCCCC1)c1cnn(-c2ccccc2)n1. The summed E-state index contributed by atoms with van der Waals surface area (Å²) in [4.78, 5) is 1.65. The van der Waals surface area contributed by atoms with Crippen molar-refractivity contribution in [1.29, 1.82) is 0 Å². The summed E-state index contributed by atoms with van der Waals surface area (Å²) in [5.41, 5.74) is 9.53. The van der Waals surface area contributed by atoms with Crippen molar-refractivity contribution in [3.05, 3.63) is 53.9 Å². The molecule has 0 aliphatic heterocycles. The van der Waals surface area contributed by atoms with Crippen molar-refractivity contribution in [2.45, 2.75) is 44.6 Å². The Labute approximate surface area is 125 Å². The molecule has 2 aromatic rings. The predicted octanol–water partition coefficient (Wildman–Crippen LogP) is 3.55. The van der Waals surface area contributed by atoms with Crippen molar-refractivity contribution >= 4 is 0 Å². The molecule has 3 rings (SSSR count). The molecule has 110 valence electrons. The fourth-order valence-corrected chi connectivity index (χ4v) is 2.79. The van der Waals surface area contributed by atoms with Gasteiger partial charge in [-0.1, -0.05) is 42.7 Å². The van der Waals surface area contributed by atoms with E-state index in [0.29, 0.717) is 0 Å². The third-order valence-electron chi connectivity index (χ3n) is 4.04. The summed E-state index contributed by atoms with van der Waals surface area (Å²) in [5.74, 6) is 0. The van der Waals surface area contributed by atoms with Crippen molar-refractivity contribution < 1.29 is 0 Å². The first-order chi connectivity index (χ1) is 10.3. The van der Waals surface area contributed by atoms with Gasteiger partial charge in [-0.15, -0.1) is 0 Å². The maximum atomic E-state index is 6.40. The van der Waals surface area contributed by atoms with E-state index in [9.17, 15) is 0 Å². The van der Waals surface area contributed by atoms with Crippen LogP contribution in [0.2, 0.25) is 0 Å². The van der Waals surface area contributed by atoms with Gasteiger partial charge in [-0.3, -0.25) is 0 Å². The fourth-order valence-electron chi connectivity index (χ4n) is 2.79. The van der Waals surface area contributed by atoms with Crippen molar-refractivity contribution in [3.8, 4) is 5.69 Å². The summed E-state index contributed by atoms with van der Waals surface area (Å²) in [6.07, 6.45) is 11.5. The molecule has 1 aromatic carbocycles. The number of benzene rings is 1. The van der Waals surface area contributed by atoms with Gasteiger partial charge in [0.25, 0.3) is 0 Å². The molecule has 0 spiro atoms. The number of aromatic nitrogens is 3. The van der Waals surface area contributed by atoms with Crippen LogP contribution in [-0.2, 0) is 0 Å². The van der Waals surface area contributed by atoms with Gasteiger partial charge in [0.15, 0.2) is 0 Å². The summed E-state index contributed by atoms with van der Waals surface area (Å²) in [5, 5.41) is 8.89. The van der Waals surface area contributed by atoms with Crippen LogP contribution in [0.15, 0.2) is 48.2 Å². The molecule has 2 N–H and O–H groups in total. The van der Waals surface area contributed by atoms with Crippen molar-refractivity contribution in [2.24, 2.45) is 5.73 Å². The number of hydrogen-bond donors (Lipinski definition) is 1. The molecular weight excluding hydrogens is 260 g/mol. The summed E-state index contributed by atoms with van der Waals surface area (Å²) in [7, 11) is 0. The fraction of sp³-hybridized carbons (Fsp3) is 0.412. The zero-order chi connectivity index (χ0) is 14.5. The van der Waals surface area contributed by atoms with E-state index in [1.807, 2.05) is 30.3 Å². The highest BCUT2D eigenvalue weighted by Gasteiger charge is 2.16. The van der Waals surface area contributed by atoms with E-state index in [0.717, 1.165) is 24.2 Å². The zero-order valence-electron chi connectivity index (χ0n) is 12.3. The summed E-state index contributed by atoms with van der Waals surface area (Å²) >= 11 is 0. The lowest BCUT2D eigenvalue weighted by Gasteiger charge is -2.16. The summed E-state index contributed by atoms with van der Waals surface area (Å²) in [6.45, 7) is 0. The molecule has 1 heterocycles. The minimum Gasteiger partial charge on any atom is -0.319 e. The first-order valence-electron chi connectivity index (χ1n) is 7.77. The van der Waals surface area contributed by atoms with Crippen LogP contribution in [0.3, 0.4) is 0 Å². The van der Waals surface area contributed by atoms with Gasteiger partial charge in [0, 0.05) is 0 Å². The molecule has 4 heteroatoms. The first-order valence-corrected chi connectivity index (χ1v) is 7.77. The van der Waals surface area contributed by atoms with Crippen LogP contribution in [0.25, 0.3) is 5.69 Å². The topological polar surface area (TPSA) is 56.7 Å². The molecule has 1 aliphatic carbocycles. The van der Waals surface area contributed by atoms with Crippen LogP contribution < -0.4 is 5.73 Å². The van der Waals surface area contributed by atoms with E-state index in [1.165, 1.54) is 31.3 Å². The van der Waals surface area contributed by atoms with Crippen LogP contribution in [0.1, 0.15) is 50.3 Å². The van der Waals surface area contributed by atoms with Crippen LogP contribution in [0.5, 0.6) is 0 Å². The maximum absolute atomic E-state index is 6.40. The van der Waals surface area contributed by atoms with Crippen molar-refractivity contribution in [2.75, 3.05) is 0 Å². The van der Waals surface area contributed by atoms with Crippen LogP contribution in [-0.4, -0.2) is 15.0 Å². The lowest BCUT2D eigenvalue weighted by atomic mass is 9.94. The Morgan fingerprint density at radius 1 is 1.05 bits per heavy atom. The Balaban J connectivity index is 1.79. The van der Waals surface area contributed by atoms with E-state index in [4.69, 9.17) is 5.73 Å². The second-order valence-corrected chi connectivity index (χ2v) is 5.60. The van der Waals surface area contributed by atoms with E-state index in [-0.39, 0.29) is 6.04 Å². The van der Waals surface area contributed by atoms with Gasteiger partial charge in [0.05, 0.1) is 17.9 Å². The normalized spacial score (nSPS) is 20.1. The Morgan fingerprint density at radius 3 is 2.71 bits per heavy atom.